The van der Waals surface area contributed by atoms with Gasteiger partial charge in [-0.1, -0.05) is 22.9 Å². The van der Waals surface area contributed by atoms with E-state index in [9.17, 15) is 8.42 Å². The van der Waals surface area contributed by atoms with E-state index in [1.165, 1.54) is 4.31 Å². The molecule has 1 aromatic carbocycles. The van der Waals surface area contributed by atoms with Crippen molar-refractivity contribution in [3.8, 4) is 5.75 Å². The van der Waals surface area contributed by atoms with E-state index in [0.717, 1.165) is 0 Å². The summed E-state index contributed by atoms with van der Waals surface area (Å²) in [6.45, 7) is 2.74. The molecule has 0 unspecified atom stereocenters. The number of benzene rings is 1. The second kappa shape index (κ2) is 6.37. The van der Waals surface area contributed by atoms with Gasteiger partial charge in [0.15, 0.2) is 0 Å². The zero-order valence-electron chi connectivity index (χ0n) is 9.89. The van der Waals surface area contributed by atoms with Gasteiger partial charge in [0.2, 0.25) is 10.0 Å². The Morgan fingerprint density at radius 3 is 2.29 bits per heavy atom. The van der Waals surface area contributed by atoms with Gasteiger partial charge < -0.3 is 4.74 Å². The Bertz CT molecular complexity index is 444. The van der Waals surface area contributed by atoms with Crippen LogP contribution >= 0.6 is 15.9 Å². The van der Waals surface area contributed by atoms with E-state index in [0.29, 0.717) is 29.1 Å². The smallest absolute Gasteiger partial charge is 0.243 e. The lowest BCUT2D eigenvalue weighted by Gasteiger charge is -2.19. The van der Waals surface area contributed by atoms with Crippen molar-refractivity contribution in [2.24, 2.45) is 0 Å². The molecule has 0 aliphatic carbocycles. The lowest BCUT2D eigenvalue weighted by Crippen LogP contribution is -2.32. The van der Waals surface area contributed by atoms with Crippen LogP contribution in [0.3, 0.4) is 0 Å². The molecule has 0 spiro atoms. The molecule has 0 N–H and O–H groups in total. The van der Waals surface area contributed by atoms with Gasteiger partial charge in [-0.05, 0) is 24.3 Å². The van der Waals surface area contributed by atoms with Gasteiger partial charge >= 0.3 is 0 Å². The molecule has 0 saturated heterocycles. The van der Waals surface area contributed by atoms with Crippen LogP contribution in [-0.2, 0) is 10.0 Å². The minimum absolute atomic E-state index is 0.293. The minimum Gasteiger partial charge on any atom is -0.497 e. The van der Waals surface area contributed by atoms with Crippen LogP contribution in [-0.4, -0.2) is 38.3 Å². The van der Waals surface area contributed by atoms with Crippen molar-refractivity contribution in [1.82, 2.24) is 4.31 Å². The summed E-state index contributed by atoms with van der Waals surface area (Å²) in [5, 5.41) is 0.621. The van der Waals surface area contributed by atoms with Crippen molar-refractivity contribution >= 4 is 26.0 Å². The minimum atomic E-state index is -3.39. The summed E-state index contributed by atoms with van der Waals surface area (Å²) >= 11 is 3.25. The molecule has 0 heterocycles. The molecule has 1 aromatic rings. The number of nitrogens with zero attached hydrogens (tertiary/aromatic N) is 1. The summed E-state index contributed by atoms with van der Waals surface area (Å²) in [7, 11) is -1.84. The van der Waals surface area contributed by atoms with Crippen LogP contribution in [0.5, 0.6) is 5.75 Å². The van der Waals surface area contributed by atoms with Crippen molar-refractivity contribution in [3.05, 3.63) is 24.3 Å². The molecular weight excluding hydrogens is 306 g/mol. The van der Waals surface area contributed by atoms with Gasteiger partial charge in [0, 0.05) is 18.4 Å². The Labute approximate surface area is 111 Å². The Kier molecular flexibility index (Phi) is 5.42. The van der Waals surface area contributed by atoms with E-state index in [1.54, 1.807) is 31.4 Å². The van der Waals surface area contributed by atoms with Gasteiger partial charge in [0.05, 0.1) is 12.0 Å². The van der Waals surface area contributed by atoms with Crippen molar-refractivity contribution in [2.45, 2.75) is 11.8 Å². The molecule has 0 fully saturated rings. The number of alkyl halides is 1. The third-order valence-corrected chi connectivity index (χ3v) is 4.73. The van der Waals surface area contributed by atoms with Gasteiger partial charge in [-0.25, -0.2) is 8.42 Å². The molecule has 0 aromatic heterocycles. The van der Waals surface area contributed by atoms with Crippen LogP contribution in [0.1, 0.15) is 6.92 Å². The van der Waals surface area contributed by atoms with E-state index in [2.05, 4.69) is 15.9 Å². The topological polar surface area (TPSA) is 46.6 Å². The fraction of sp³-hybridized carbons (Fsp3) is 0.455. The Hall–Kier alpha value is -0.590. The monoisotopic (exact) mass is 321 g/mol. The Morgan fingerprint density at radius 1 is 1.29 bits per heavy atom. The highest BCUT2D eigenvalue weighted by Crippen LogP contribution is 2.19. The fourth-order valence-electron chi connectivity index (χ4n) is 1.44. The van der Waals surface area contributed by atoms with Crippen LogP contribution in [0.15, 0.2) is 29.2 Å². The maximum Gasteiger partial charge on any atom is 0.243 e. The van der Waals surface area contributed by atoms with E-state index < -0.39 is 10.0 Å². The normalized spacial score (nSPS) is 11.8. The summed E-state index contributed by atoms with van der Waals surface area (Å²) in [6.07, 6.45) is 0. The Balaban J connectivity index is 3.02. The molecule has 0 saturated carbocycles. The molecule has 4 nitrogen and oxygen atoms in total. The highest BCUT2D eigenvalue weighted by Gasteiger charge is 2.22. The molecule has 0 bridgehead atoms. The second-order valence-electron chi connectivity index (χ2n) is 3.36. The maximum absolute atomic E-state index is 12.2. The molecule has 0 amide bonds. The van der Waals surface area contributed by atoms with Crippen molar-refractivity contribution in [1.29, 1.82) is 0 Å². The van der Waals surface area contributed by atoms with Crippen LogP contribution in [0.25, 0.3) is 0 Å². The number of methoxy groups -OCH3 is 1. The summed E-state index contributed by atoms with van der Waals surface area (Å²) in [5.74, 6) is 0.646. The highest BCUT2D eigenvalue weighted by molar-refractivity contribution is 9.09. The van der Waals surface area contributed by atoms with Gasteiger partial charge in [-0.3, -0.25) is 0 Å². The number of sulfonamides is 1. The quantitative estimate of drug-likeness (QED) is 0.754. The number of ether oxygens (including phenoxy) is 1. The highest BCUT2D eigenvalue weighted by atomic mass is 79.9. The molecule has 0 aliphatic heterocycles. The SMILES string of the molecule is CCN(CCBr)S(=O)(=O)c1ccc(OC)cc1. The molecule has 17 heavy (non-hydrogen) atoms. The lowest BCUT2D eigenvalue weighted by atomic mass is 10.3. The van der Waals surface area contributed by atoms with Gasteiger partial charge in [0.1, 0.15) is 5.75 Å². The first-order valence-electron chi connectivity index (χ1n) is 5.26. The predicted octanol–water partition coefficient (Wildman–Crippen LogP) is 2.10. The van der Waals surface area contributed by atoms with Gasteiger partial charge in [-0.15, -0.1) is 0 Å². The largest absolute Gasteiger partial charge is 0.497 e. The number of hydrogen-bond acceptors (Lipinski definition) is 3. The summed E-state index contributed by atoms with van der Waals surface area (Å²) in [5.41, 5.74) is 0. The van der Waals surface area contributed by atoms with E-state index in [-0.39, 0.29) is 0 Å². The molecule has 1 rings (SSSR count). The van der Waals surface area contributed by atoms with Crippen molar-refractivity contribution in [2.75, 3.05) is 25.5 Å². The summed E-state index contributed by atoms with van der Waals surface area (Å²) in [6, 6.07) is 6.42. The van der Waals surface area contributed by atoms with Crippen molar-refractivity contribution < 1.29 is 13.2 Å². The van der Waals surface area contributed by atoms with E-state index in [1.807, 2.05) is 6.92 Å². The van der Waals surface area contributed by atoms with Crippen LogP contribution < -0.4 is 4.74 Å². The van der Waals surface area contributed by atoms with Gasteiger partial charge in [0.25, 0.3) is 0 Å². The standard InChI is InChI=1S/C11H16BrNO3S/c1-3-13(9-8-12)17(14,15)11-6-4-10(16-2)5-7-11/h4-7H,3,8-9H2,1-2H3. The first-order chi connectivity index (χ1) is 8.06. The number of halogens is 1. The molecule has 96 valence electrons. The molecule has 0 radical (unpaired) electrons. The van der Waals surface area contributed by atoms with Crippen molar-refractivity contribution in [3.63, 3.8) is 0 Å². The lowest BCUT2D eigenvalue weighted by molar-refractivity contribution is 0.414. The second-order valence-corrected chi connectivity index (χ2v) is 6.09. The molecule has 6 heteroatoms. The zero-order chi connectivity index (χ0) is 12.9. The molecule has 0 aliphatic rings. The average Bonchev–Trinajstić information content (AvgIpc) is 2.35. The first-order valence-corrected chi connectivity index (χ1v) is 7.82. The van der Waals surface area contributed by atoms with Crippen LogP contribution in [0.4, 0.5) is 0 Å². The Morgan fingerprint density at radius 2 is 1.88 bits per heavy atom. The number of hydrogen-bond donors (Lipinski definition) is 0. The zero-order valence-corrected chi connectivity index (χ0v) is 12.3. The average molecular weight is 322 g/mol. The third kappa shape index (κ3) is 3.43. The maximum atomic E-state index is 12.2. The van der Waals surface area contributed by atoms with Crippen LogP contribution in [0, 0.1) is 0 Å². The molecular formula is C11H16BrNO3S. The third-order valence-electron chi connectivity index (χ3n) is 2.38. The summed E-state index contributed by atoms with van der Waals surface area (Å²) < 4.78 is 30.9. The van der Waals surface area contributed by atoms with Crippen LogP contribution in [0.2, 0.25) is 0 Å². The van der Waals surface area contributed by atoms with E-state index in [4.69, 9.17) is 4.74 Å². The number of rotatable bonds is 6. The first kappa shape index (κ1) is 14.5. The summed E-state index contributed by atoms with van der Waals surface area (Å²) in [4.78, 5) is 0.293. The van der Waals surface area contributed by atoms with E-state index >= 15 is 0 Å². The fourth-order valence-corrected chi connectivity index (χ4v) is 3.55. The predicted molar refractivity (Wildman–Crippen MR) is 71.2 cm³/mol. The molecule has 0 atom stereocenters. The van der Waals surface area contributed by atoms with Gasteiger partial charge in [-0.2, -0.15) is 4.31 Å².